The van der Waals surface area contributed by atoms with Gasteiger partial charge in [-0.1, -0.05) is 0 Å². The van der Waals surface area contributed by atoms with Crippen LogP contribution >= 0.6 is 0 Å². The molecule has 9 N–H and O–H groups in total. The van der Waals surface area contributed by atoms with Gasteiger partial charge in [0, 0.05) is 0 Å². The third kappa shape index (κ3) is 4.77. The van der Waals surface area contributed by atoms with Crippen LogP contribution in [0, 0.1) is 0 Å². The molecule has 0 saturated carbocycles. The number of aliphatic hydroxyl groups is 9. The van der Waals surface area contributed by atoms with Crippen molar-refractivity contribution in [2.45, 2.75) is 92.1 Å². The fourth-order valence-electron chi connectivity index (χ4n) is 4.31. The first-order valence-electron chi connectivity index (χ1n) is 10.6. The highest BCUT2D eigenvalue weighted by molar-refractivity contribution is 5.02. The SMILES string of the molecule is OC[C@H]1O[C@H](O[C@H]2[C@H](O)[C@@H](O)[C@@H](O[C@H]3[C@H](O)[C@@H](O)C(O)O[C@@H]3CO)O[C@@H]2CO)[C@H]2O[C@H]2[C@@H]1O. The maximum Gasteiger partial charge on any atom is 0.187 e. The van der Waals surface area contributed by atoms with Crippen LogP contribution in [-0.2, 0) is 28.4 Å². The van der Waals surface area contributed by atoms with Gasteiger partial charge in [-0.15, -0.1) is 0 Å². The molecule has 0 amide bonds. The van der Waals surface area contributed by atoms with Crippen LogP contribution in [0.15, 0.2) is 0 Å². The van der Waals surface area contributed by atoms with E-state index in [1.165, 1.54) is 0 Å². The Hall–Kier alpha value is -0.600. The Morgan fingerprint density at radius 1 is 0.485 bits per heavy atom. The van der Waals surface area contributed by atoms with Crippen molar-refractivity contribution in [3.05, 3.63) is 0 Å². The summed E-state index contributed by atoms with van der Waals surface area (Å²) in [6.45, 7) is -1.93. The Bertz CT molecular complexity index is 650. The quantitative estimate of drug-likeness (QED) is 0.152. The van der Waals surface area contributed by atoms with E-state index in [9.17, 15) is 46.0 Å². The molecular formula is C18H30O15. The van der Waals surface area contributed by atoms with Gasteiger partial charge in [-0.2, -0.15) is 0 Å². The van der Waals surface area contributed by atoms with Crippen LogP contribution in [0.5, 0.6) is 0 Å². The Labute approximate surface area is 187 Å². The summed E-state index contributed by atoms with van der Waals surface area (Å²) in [4.78, 5) is 0. The monoisotopic (exact) mass is 486 g/mol. The van der Waals surface area contributed by atoms with Crippen molar-refractivity contribution in [3.8, 4) is 0 Å². The average molecular weight is 486 g/mol. The number of hydrogen-bond acceptors (Lipinski definition) is 15. The van der Waals surface area contributed by atoms with Gasteiger partial charge in [-0.05, 0) is 0 Å². The predicted molar refractivity (Wildman–Crippen MR) is 97.9 cm³/mol. The van der Waals surface area contributed by atoms with Crippen LogP contribution in [-0.4, -0.2) is 158 Å². The van der Waals surface area contributed by atoms with E-state index in [0.717, 1.165) is 0 Å². The lowest BCUT2D eigenvalue weighted by Gasteiger charge is -2.46. The van der Waals surface area contributed by atoms with Crippen LogP contribution < -0.4 is 0 Å². The lowest BCUT2D eigenvalue weighted by atomic mass is 9.96. The van der Waals surface area contributed by atoms with E-state index < -0.39 is 112 Å². The molecule has 4 heterocycles. The second kappa shape index (κ2) is 10.2. The minimum absolute atomic E-state index is 0.516. The van der Waals surface area contributed by atoms with Gasteiger partial charge < -0.3 is 74.4 Å². The second-order valence-corrected chi connectivity index (χ2v) is 8.42. The van der Waals surface area contributed by atoms with Crippen molar-refractivity contribution in [2.75, 3.05) is 19.8 Å². The zero-order valence-corrected chi connectivity index (χ0v) is 17.3. The zero-order chi connectivity index (χ0) is 24.0. The number of hydrogen-bond donors (Lipinski definition) is 9. The van der Waals surface area contributed by atoms with Crippen LogP contribution in [0.3, 0.4) is 0 Å². The molecule has 15 nitrogen and oxygen atoms in total. The molecule has 4 rings (SSSR count). The van der Waals surface area contributed by atoms with E-state index >= 15 is 0 Å². The van der Waals surface area contributed by atoms with Crippen molar-refractivity contribution in [1.29, 1.82) is 0 Å². The van der Waals surface area contributed by atoms with Crippen LogP contribution in [0.2, 0.25) is 0 Å². The molecule has 15 atom stereocenters. The minimum Gasteiger partial charge on any atom is -0.394 e. The Morgan fingerprint density at radius 2 is 1.00 bits per heavy atom. The highest BCUT2D eigenvalue weighted by Gasteiger charge is 2.60. The van der Waals surface area contributed by atoms with Gasteiger partial charge in [0.1, 0.15) is 73.2 Å². The average Bonchev–Trinajstić information content (AvgIpc) is 3.61. The van der Waals surface area contributed by atoms with Crippen molar-refractivity contribution >= 4 is 0 Å². The summed E-state index contributed by atoms with van der Waals surface area (Å²) in [5.41, 5.74) is 0. The fourth-order valence-corrected chi connectivity index (χ4v) is 4.31. The fraction of sp³-hybridized carbons (Fsp3) is 1.00. The standard InChI is InChI=1S/C18H30O15/c19-1-4-7(22)14-15(31-14)18(29-4)33-13-6(3-21)30-17(11(26)9(13)24)32-12-5(2-20)28-16(27)10(25)8(12)23/h4-27H,1-3H2/t4-,5-,6-,7-,8-,9-,10-,11-,12-,13-,14+,15+,16?,17-,18-/m1/s1. The molecule has 4 aliphatic rings. The number of rotatable bonds is 7. The minimum atomic E-state index is -1.79. The molecule has 4 aliphatic heterocycles. The molecule has 0 radical (unpaired) electrons. The molecule has 1 unspecified atom stereocenters. The maximum absolute atomic E-state index is 10.7. The van der Waals surface area contributed by atoms with Gasteiger partial charge in [0.15, 0.2) is 18.9 Å². The van der Waals surface area contributed by atoms with Crippen LogP contribution in [0.25, 0.3) is 0 Å². The van der Waals surface area contributed by atoms with Crippen LogP contribution in [0.1, 0.15) is 0 Å². The molecule has 0 aromatic rings. The Balaban J connectivity index is 1.43. The molecule has 0 bridgehead atoms. The van der Waals surface area contributed by atoms with Gasteiger partial charge in [-0.25, -0.2) is 0 Å². The second-order valence-electron chi connectivity index (χ2n) is 8.42. The number of fused-ring (bicyclic) bond motifs is 1. The van der Waals surface area contributed by atoms with Crippen molar-refractivity contribution < 1.29 is 74.4 Å². The van der Waals surface area contributed by atoms with E-state index in [4.69, 9.17) is 28.4 Å². The van der Waals surface area contributed by atoms with E-state index in [1.54, 1.807) is 0 Å². The summed E-state index contributed by atoms with van der Waals surface area (Å²) < 4.78 is 32.4. The molecule has 4 saturated heterocycles. The zero-order valence-electron chi connectivity index (χ0n) is 17.3. The number of epoxide rings is 1. The van der Waals surface area contributed by atoms with Gasteiger partial charge >= 0.3 is 0 Å². The highest BCUT2D eigenvalue weighted by Crippen LogP contribution is 2.39. The van der Waals surface area contributed by atoms with Crippen molar-refractivity contribution in [3.63, 3.8) is 0 Å². The topological polar surface area (TPSA) is 241 Å². The first-order valence-corrected chi connectivity index (χ1v) is 10.6. The van der Waals surface area contributed by atoms with Gasteiger partial charge in [0.05, 0.1) is 19.8 Å². The molecule has 0 aliphatic carbocycles. The molecule has 33 heavy (non-hydrogen) atoms. The summed E-state index contributed by atoms with van der Waals surface area (Å²) in [5.74, 6) is 0. The predicted octanol–water partition coefficient (Wildman–Crippen LogP) is -6.53. The first kappa shape index (κ1) is 25.5. The number of ether oxygens (including phenoxy) is 6. The molecule has 15 heteroatoms. The van der Waals surface area contributed by atoms with Crippen molar-refractivity contribution in [1.82, 2.24) is 0 Å². The maximum atomic E-state index is 10.7. The van der Waals surface area contributed by atoms with E-state index in [-0.39, 0.29) is 0 Å². The lowest BCUT2D eigenvalue weighted by molar-refractivity contribution is -0.367. The Kier molecular flexibility index (Phi) is 7.86. The van der Waals surface area contributed by atoms with Crippen molar-refractivity contribution in [2.24, 2.45) is 0 Å². The molecule has 0 aromatic heterocycles. The summed E-state index contributed by atoms with van der Waals surface area (Å²) in [5, 5.41) is 89.4. The highest BCUT2D eigenvalue weighted by atomic mass is 16.8. The van der Waals surface area contributed by atoms with Gasteiger partial charge in [-0.3, -0.25) is 0 Å². The summed E-state index contributed by atoms with van der Waals surface area (Å²) in [6, 6.07) is 0. The molecule has 192 valence electrons. The smallest absolute Gasteiger partial charge is 0.187 e. The third-order valence-electron chi connectivity index (χ3n) is 6.28. The lowest BCUT2D eigenvalue weighted by Crippen LogP contribution is -2.65. The Morgan fingerprint density at radius 3 is 1.61 bits per heavy atom. The molecule has 0 spiro atoms. The largest absolute Gasteiger partial charge is 0.394 e. The van der Waals surface area contributed by atoms with Crippen LogP contribution in [0.4, 0.5) is 0 Å². The summed E-state index contributed by atoms with van der Waals surface area (Å²) >= 11 is 0. The molecule has 0 aromatic carbocycles. The molecule has 4 fully saturated rings. The van der Waals surface area contributed by atoms with E-state index in [1.807, 2.05) is 0 Å². The van der Waals surface area contributed by atoms with E-state index in [0.29, 0.717) is 0 Å². The third-order valence-corrected chi connectivity index (χ3v) is 6.28. The number of aliphatic hydroxyl groups excluding tert-OH is 9. The molecular weight excluding hydrogens is 456 g/mol. The first-order chi connectivity index (χ1) is 15.7. The van der Waals surface area contributed by atoms with Gasteiger partial charge in [0.25, 0.3) is 0 Å². The van der Waals surface area contributed by atoms with E-state index in [2.05, 4.69) is 0 Å². The normalized spacial score (nSPS) is 54.6. The summed E-state index contributed by atoms with van der Waals surface area (Å²) in [6.07, 6.45) is -20.3. The van der Waals surface area contributed by atoms with Gasteiger partial charge in [0.2, 0.25) is 0 Å². The summed E-state index contributed by atoms with van der Waals surface area (Å²) in [7, 11) is 0.